The Labute approximate surface area is 247 Å². The highest BCUT2D eigenvalue weighted by atomic mass is 16.6. The molecule has 0 heterocycles. The fraction of sp³-hybridized carbons (Fsp3) is 0.276. The van der Waals surface area contributed by atoms with Gasteiger partial charge < -0.3 is 15.4 Å². The van der Waals surface area contributed by atoms with E-state index < -0.39 is 56.8 Å². The molecule has 226 valence electrons. The van der Waals surface area contributed by atoms with E-state index in [0.717, 1.165) is 23.8 Å². The number of nitro groups is 2. The van der Waals surface area contributed by atoms with Gasteiger partial charge in [-0.3, -0.25) is 40.7 Å². The lowest BCUT2D eigenvalue weighted by molar-refractivity contribution is -0.393. The van der Waals surface area contributed by atoms with Gasteiger partial charge in [-0.25, -0.2) is 4.79 Å². The number of rotatable bonds is 12. The van der Waals surface area contributed by atoms with Crippen LogP contribution in [0.2, 0.25) is 0 Å². The predicted molar refractivity (Wildman–Crippen MR) is 157 cm³/mol. The van der Waals surface area contributed by atoms with Gasteiger partial charge in [0.1, 0.15) is 23.4 Å². The Kier molecular flexibility index (Phi) is 10.7. The van der Waals surface area contributed by atoms with E-state index in [-0.39, 0.29) is 18.5 Å². The molecule has 3 aromatic rings. The number of amides is 3. The molecule has 4 N–H and O–H groups in total. The topological polar surface area (TPSA) is 195 Å². The average Bonchev–Trinajstić information content (AvgIpc) is 2.95. The first-order chi connectivity index (χ1) is 20.3. The summed E-state index contributed by atoms with van der Waals surface area (Å²) in [6.45, 7) is 5.05. The molecule has 0 aromatic heterocycles. The Hall–Kier alpha value is -5.53. The smallest absolute Gasteiger partial charge is 0.408 e. The highest BCUT2D eigenvalue weighted by molar-refractivity contribution is 5.92. The highest BCUT2D eigenvalue weighted by Gasteiger charge is 2.29. The molecular weight excluding hydrogens is 560 g/mol. The Morgan fingerprint density at radius 2 is 1.30 bits per heavy atom. The first kappa shape index (κ1) is 32.0. The number of nitrogens with zero attached hydrogens (tertiary/aromatic N) is 2. The molecule has 3 aromatic carbocycles. The number of hydrazine groups is 1. The molecule has 3 amide bonds. The van der Waals surface area contributed by atoms with Gasteiger partial charge >= 0.3 is 11.8 Å². The number of non-ortho nitro benzene ring substituents is 1. The van der Waals surface area contributed by atoms with E-state index >= 15 is 0 Å². The second-order valence-electron chi connectivity index (χ2n) is 10.5. The highest BCUT2D eigenvalue weighted by Crippen LogP contribution is 2.28. The monoisotopic (exact) mass is 592 g/mol. The number of benzene rings is 3. The van der Waals surface area contributed by atoms with Crippen LogP contribution < -0.4 is 21.5 Å². The van der Waals surface area contributed by atoms with E-state index in [4.69, 9.17) is 4.74 Å². The number of hydrogen-bond donors (Lipinski definition) is 4. The molecule has 0 radical (unpaired) electrons. The molecule has 14 heteroatoms. The van der Waals surface area contributed by atoms with E-state index in [1.165, 1.54) is 0 Å². The summed E-state index contributed by atoms with van der Waals surface area (Å²) in [5.41, 5.74) is 4.04. The van der Waals surface area contributed by atoms with Crippen LogP contribution in [0, 0.1) is 20.2 Å². The Morgan fingerprint density at radius 1 is 0.767 bits per heavy atom. The van der Waals surface area contributed by atoms with Crippen LogP contribution in [0.4, 0.5) is 21.9 Å². The summed E-state index contributed by atoms with van der Waals surface area (Å²) in [4.78, 5) is 60.4. The Bertz CT molecular complexity index is 1460. The van der Waals surface area contributed by atoms with Gasteiger partial charge in [-0.15, -0.1) is 0 Å². The maximum Gasteiger partial charge on any atom is 0.408 e. The maximum atomic E-state index is 13.5. The first-order valence-corrected chi connectivity index (χ1v) is 13.2. The van der Waals surface area contributed by atoms with Crippen molar-refractivity contribution in [1.29, 1.82) is 0 Å². The van der Waals surface area contributed by atoms with Crippen LogP contribution in [0.3, 0.4) is 0 Å². The van der Waals surface area contributed by atoms with Crippen LogP contribution in [-0.2, 0) is 27.2 Å². The van der Waals surface area contributed by atoms with Crippen LogP contribution in [0.1, 0.15) is 31.9 Å². The third-order valence-electron chi connectivity index (χ3n) is 5.91. The molecule has 0 bridgehead atoms. The third-order valence-corrected chi connectivity index (χ3v) is 5.91. The van der Waals surface area contributed by atoms with Gasteiger partial charge in [-0.2, -0.15) is 0 Å². The second-order valence-corrected chi connectivity index (χ2v) is 10.5. The lowest BCUT2D eigenvalue weighted by Crippen LogP contribution is -2.56. The number of carbonyl (C=O) groups excluding carboxylic acids is 3. The average molecular weight is 593 g/mol. The van der Waals surface area contributed by atoms with Crippen LogP contribution in [-0.4, -0.2) is 45.4 Å². The summed E-state index contributed by atoms with van der Waals surface area (Å²) in [5.74, 6) is -1.44. The first-order valence-electron chi connectivity index (χ1n) is 13.2. The Morgan fingerprint density at radius 3 is 1.79 bits per heavy atom. The zero-order valence-electron chi connectivity index (χ0n) is 23.7. The summed E-state index contributed by atoms with van der Waals surface area (Å²) in [5, 5.41) is 27.8. The largest absolute Gasteiger partial charge is 0.444 e. The minimum atomic E-state index is -1.20. The van der Waals surface area contributed by atoms with E-state index in [9.17, 15) is 34.6 Å². The number of alkyl carbamates (subject to hydrolysis) is 1. The van der Waals surface area contributed by atoms with Gasteiger partial charge in [0.25, 0.3) is 11.6 Å². The number of carbonyl (C=O) groups is 3. The molecule has 43 heavy (non-hydrogen) atoms. The van der Waals surface area contributed by atoms with Crippen LogP contribution >= 0.6 is 0 Å². The van der Waals surface area contributed by atoms with Crippen molar-refractivity contribution in [3.05, 3.63) is 110 Å². The van der Waals surface area contributed by atoms with Crippen molar-refractivity contribution in [1.82, 2.24) is 16.1 Å². The fourth-order valence-corrected chi connectivity index (χ4v) is 3.95. The van der Waals surface area contributed by atoms with Gasteiger partial charge in [0.2, 0.25) is 5.91 Å². The van der Waals surface area contributed by atoms with Crippen LogP contribution in [0.5, 0.6) is 0 Å². The lowest BCUT2D eigenvalue weighted by Gasteiger charge is -2.25. The number of hydrogen-bond acceptors (Lipinski definition) is 9. The minimum absolute atomic E-state index is 0.0347. The van der Waals surface area contributed by atoms with Crippen LogP contribution in [0.15, 0.2) is 78.9 Å². The molecule has 0 unspecified atom stereocenters. The van der Waals surface area contributed by atoms with Crippen molar-refractivity contribution in [3.8, 4) is 0 Å². The summed E-state index contributed by atoms with van der Waals surface area (Å²) < 4.78 is 5.33. The molecule has 2 atom stereocenters. The zero-order valence-corrected chi connectivity index (χ0v) is 23.7. The summed E-state index contributed by atoms with van der Waals surface area (Å²) in [6.07, 6.45) is -0.689. The molecule has 0 fully saturated rings. The number of anilines is 1. The molecule has 14 nitrogen and oxygen atoms in total. The Balaban J connectivity index is 1.83. The normalized spacial score (nSPS) is 12.3. The van der Waals surface area contributed by atoms with Crippen molar-refractivity contribution in [2.24, 2.45) is 0 Å². The molecule has 0 saturated heterocycles. The van der Waals surface area contributed by atoms with Crippen molar-refractivity contribution < 1.29 is 29.0 Å². The summed E-state index contributed by atoms with van der Waals surface area (Å²) >= 11 is 0. The SMILES string of the molecule is CC(C)(C)OC(=O)N[C@@H](Cc1ccccc1)C(=O)N[C@@H](Cc1ccccc1)C(=O)NNc1ccc([N+](=O)[O-])cc1[N+](=O)[O-]. The molecule has 3 rings (SSSR count). The molecule has 0 saturated carbocycles. The summed E-state index contributed by atoms with van der Waals surface area (Å²) in [7, 11) is 0. The van der Waals surface area contributed by atoms with Crippen LogP contribution in [0.25, 0.3) is 0 Å². The summed E-state index contributed by atoms with van der Waals surface area (Å²) in [6, 6.07) is 18.3. The predicted octanol–water partition coefficient (Wildman–Crippen LogP) is 3.81. The van der Waals surface area contributed by atoms with Crippen molar-refractivity contribution >= 4 is 35.0 Å². The van der Waals surface area contributed by atoms with E-state index in [0.29, 0.717) is 5.56 Å². The lowest BCUT2D eigenvalue weighted by atomic mass is 10.0. The van der Waals surface area contributed by atoms with Gasteiger partial charge in [0.15, 0.2) is 0 Å². The zero-order chi connectivity index (χ0) is 31.6. The van der Waals surface area contributed by atoms with E-state index in [1.807, 2.05) is 6.07 Å². The minimum Gasteiger partial charge on any atom is -0.444 e. The maximum absolute atomic E-state index is 13.5. The van der Waals surface area contributed by atoms with Gasteiger partial charge in [-0.1, -0.05) is 60.7 Å². The fourth-order valence-electron chi connectivity index (χ4n) is 3.95. The quantitative estimate of drug-likeness (QED) is 0.179. The number of nitro benzene ring substituents is 2. The van der Waals surface area contributed by atoms with Crippen molar-refractivity contribution in [2.45, 2.75) is 51.3 Å². The number of nitrogens with one attached hydrogen (secondary N) is 4. The molecule has 0 aliphatic heterocycles. The molecular formula is C29H32N6O8. The second kappa shape index (κ2) is 14.4. The molecule has 0 spiro atoms. The van der Waals surface area contributed by atoms with Crippen molar-refractivity contribution in [2.75, 3.05) is 5.43 Å². The number of ether oxygens (including phenoxy) is 1. The van der Waals surface area contributed by atoms with Gasteiger partial charge in [-0.05, 0) is 38.0 Å². The van der Waals surface area contributed by atoms with Crippen molar-refractivity contribution in [3.63, 3.8) is 0 Å². The van der Waals surface area contributed by atoms with E-state index in [2.05, 4.69) is 21.5 Å². The molecule has 0 aliphatic rings. The standard InChI is InChI=1S/C29H32N6O8/c1-29(2,3)43-28(38)31-23(16-19-10-6-4-7-11-19)26(36)30-24(17-20-12-8-5-9-13-20)27(37)33-32-22-15-14-21(34(39)40)18-25(22)35(41)42/h4-15,18,23-24,32H,16-17H2,1-3H3,(H,30,36)(H,31,38)(H,33,37)/t23-,24-/m0/s1. The molecule has 0 aliphatic carbocycles. The van der Waals surface area contributed by atoms with Gasteiger partial charge in [0.05, 0.1) is 15.9 Å². The third kappa shape index (κ3) is 10.1. The van der Waals surface area contributed by atoms with Gasteiger partial charge in [0, 0.05) is 18.9 Å². The van der Waals surface area contributed by atoms with E-state index in [1.54, 1.807) is 75.4 Å².